The Balaban J connectivity index is 2.91. The summed E-state index contributed by atoms with van der Waals surface area (Å²) in [5.74, 6) is 2.08. The van der Waals surface area contributed by atoms with Gasteiger partial charge >= 0.3 is 6.18 Å². The molecule has 0 fully saturated rings. The summed E-state index contributed by atoms with van der Waals surface area (Å²) in [6.07, 6.45) is -0.920. The first-order valence-corrected chi connectivity index (χ1v) is 8.34. The lowest BCUT2D eigenvalue weighted by Gasteiger charge is -2.22. The van der Waals surface area contributed by atoms with Gasteiger partial charge in [-0.25, -0.2) is 0 Å². The van der Waals surface area contributed by atoms with Crippen molar-refractivity contribution in [2.45, 2.75) is 39.4 Å². The third-order valence-electron chi connectivity index (χ3n) is 2.91. The van der Waals surface area contributed by atoms with Gasteiger partial charge in [0, 0.05) is 29.8 Å². The highest BCUT2D eigenvalue weighted by atomic mass is 32.2. The number of rotatable bonds is 8. The molecule has 1 aromatic rings. The lowest BCUT2D eigenvalue weighted by molar-refractivity contribution is -0.138. The molecule has 0 saturated heterocycles. The molecule has 1 atom stereocenters. The van der Waals surface area contributed by atoms with Crippen molar-refractivity contribution in [3.63, 3.8) is 0 Å². The van der Waals surface area contributed by atoms with Gasteiger partial charge in [-0.3, -0.25) is 4.98 Å². The van der Waals surface area contributed by atoms with Crippen LogP contribution in [0.5, 0.6) is 0 Å². The van der Waals surface area contributed by atoms with Gasteiger partial charge in [-0.2, -0.15) is 24.9 Å². The highest BCUT2D eigenvalue weighted by molar-refractivity contribution is 7.99. The minimum atomic E-state index is -4.34. The second-order valence-corrected chi connectivity index (χ2v) is 6.47. The van der Waals surface area contributed by atoms with Crippen LogP contribution in [0.2, 0.25) is 0 Å². The van der Waals surface area contributed by atoms with E-state index in [1.54, 1.807) is 11.8 Å². The van der Waals surface area contributed by atoms with E-state index >= 15 is 0 Å². The summed E-state index contributed by atoms with van der Waals surface area (Å²) in [6.45, 7) is 6.90. The molecule has 0 bridgehead atoms. The number of aromatic nitrogens is 1. The van der Waals surface area contributed by atoms with Crippen LogP contribution in [0.15, 0.2) is 18.5 Å². The van der Waals surface area contributed by atoms with Gasteiger partial charge in [-0.1, -0.05) is 20.8 Å². The number of halogens is 3. The first-order chi connectivity index (χ1) is 9.86. The first-order valence-electron chi connectivity index (χ1n) is 7.18. The lowest BCUT2D eigenvalue weighted by Crippen LogP contribution is -2.27. The highest BCUT2D eigenvalue weighted by Gasteiger charge is 2.35. The Morgan fingerprint density at radius 2 is 2.00 bits per heavy atom. The largest absolute Gasteiger partial charge is 0.416 e. The molecular formula is C15H23F3N2S. The molecule has 120 valence electrons. The Bertz CT molecular complexity index is 422. The smallest absolute Gasteiger partial charge is 0.309 e. The Kier molecular flexibility index (Phi) is 7.52. The van der Waals surface area contributed by atoms with Crippen LogP contribution in [0.3, 0.4) is 0 Å². The summed E-state index contributed by atoms with van der Waals surface area (Å²) < 4.78 is 39.4. The number of hydrogen-bond acceptors (Lipinski definition) is 3. The van der Waals surface area contributed by atoms with Crippen molar-refractivity contribution < 1.29 is 13.2 Å². The molecule has 0 aliphatic carbocycles. The molecule has 21 heavy (non-hydrogen) atoms. The highest BCUT2D eigenvalue weighted by Crippen LogP contribution is 2.35. The van der Waals surface area contributed by atoms with E-state index in [1.165, 1.54) is 12.4 Å². The van der Waals surface area contributed by atoms with Gasteiger partial charge in [-0.15, -0.1) is 0 Å². The molecule has 0 saturated carbocycles. The van der Waals surface area contributed by atoms with Crippen molar-refractivity contribution in [2.75, 3.05) is 18.1 Å². The Morgan fingerprint density at radius 1 is 1.29 bits per heavy atom. The average molecular weight is 320 g/mol. The van der Waals surface area contributed by atoms with Crippen molar-refractivity contribution in [3.8, 4) is 0 Å². The third-order valence-corrected chi connectivity index (χ3v) is 4.38. The molecule has 0 radical (unpaired) electrons. The molecule has 0 aliphatic rings. The maximum atomic E-state index is 13.1. The van der Waals surface area contributed by atoms with Gasteiger partial charge in [-0.05, 0) is 30.7 Å². The van der Waals surface area contributed by atoms with Crippen molar-refractivity contribution in [3.05, 3.63) is 29.6 Å². The predicted octanol–water partition coefficient (Wildman–Crippen LogP) is 4.53. The zero-order valence-corrected chi connectivity index (χ0v) is 13.5. The molecule has 2 nitrogen and oxygen atoms in total. The van der Waals surface area contributed by atoms with Gasteiger partial charge in [0.1, 0.15) is 0 Å². The van der Waals surface area contributed by atoms with Gasteiger partial charge < -0.3 is 5.32 Å². The van der Waals surface area contributed by atoms with Crippen molar-refractivity contribution in [1.82, 2.24) is 10.3 Å². The van der Waals surface area contributed by atoms with E-state index in [4.69, 9.17) is 0 Å². The average Bonchev–Trinajstić information content (AvgIpc) is 2.41. The second kappa shape index (κ2) is 8.63. The molecule has 0 amide bonds. The maximum Gasteiger partial charge on any atom is 0.416 e. The summed E-state index contributed by atoms with van der Waals surface area (Å²) in [4.78, 5) is 3.88. The summed E-state index contributed by atoms with van der Waals surface area (Å²) in [7, 11) is 0. The van der Waals surface area contributed by atoms with Crippen LogP contribution >= 0.6 is 11.8 Å². The number of nitrogens with one attached hydrogen (secondary N) is 1. The Labute approximate surface area is 128 Å². The first kappa shape index (κ1) is 18.3. The number of hydrogen-bond donors (Lipinski definition) is 1. The molecule has 1 heterocycles. The number of pyridine rings is 1. The van der Waals surface area contributed by atoms with Gasteiger partial charge in [0.05, 0.1) is 5.56 Å². The summed E-state index contributed by atoms with van der Waals surface area (Å²) in [6, 6.07) is 0.738. The zero-order valence-electron chi connectivity index (χ0n) is 12.7. The van der Waals surface area contributed by atoms with E-state index in [9.17, 15) is 13.2 Å². The number of nitrogens with zero attached hydrogens (tertiary/aromatic N) is 1. The molecule has 6 heteroatoms. The quantitative estimate of drug-likeness (QED) is 0.762. The van der Waals surface area contributed by atoms with Crippen LogP contribution in [0.1, 0.15) is 44.4 Å². The molecule has 1 N–H and O–H groups in total. The van der Waals surface area contributed by atoms with Crippen molar-refractivity contribution >= 4 is 11.8 Å². The predicted molar refractivity (Wildman–Crippen MR) is 82.4 cm³/mol. The van der Waals surface area contributed by atoms with Crippen LogP contribution in [-0.4, -0.2) is 23.0 Å². The van der Waals surface area contributed by atoms with Crippen molar-refractivity contribution in [2.24, 2.45) is 5.92 Å². The molecule has 1 aromatic heterocycles. The SMILES string of the molecule is CCCNC(CSCC(C)C)c1cnccc1C(F)(F)F. The van der Waals surface area contributed by atoms with E-state index in [-0.39, 0.29) is 11.6 Å². The standard InChI is InChI=1S/C15H23F3N2S/c1-4-6-20-14(10-21-9-11(2)3)12-8-19-7-5-13(12)15(16,17)18/h5,7-8,11,14,20H,4,6,9-10H2,1-3H3. The fourth-order valence-electron chi connectivity index (χ4n) is 1.94. The fourth-order valence-corrected chi connectivity index (χ4v) is 3.08. The van der Waals surface area contributed by atoms with E-state index in [0.29, 0.717) is 18.2 Å². The van der Waals surface area contributed by atoms with Gasteiger partial charge in [0.2, 0.25) is 0 Å². The third kappa shape index (κ3) is 6.26. The van der Waals surface area contributed by atoms with Gasteiger partial charge in [0.25, 0.3) is 0 Å². The van der Waals surface area contributed by atoms with Crippen molar-refractivity contribution in [1.29, 1.82) is 0 Å². The second-order valence-electron chi connectivity index (χ2n) is 5.40. The minimum Gasteiger partial charge on any atom is -0.309 e. The van der Waals surface area contributed by atoms with Crippen LogP contribution < -0.4 is 5.32 Å². The molecule has 1 unspecified atom stereocenters. The maximum absolute atomic E-state index is 13.1. The van der Waals surface area contributed by atoms with E-state index < -0.39 is 11.7 Å². The van der Waals surface area contributed by atoms with Crippen LogP contribution in [0.25, 0.3) is 0 Å². The fraction of sp³-hybridized carbons (Fsp3) is 0.667. The van der Waals surface area contributed by atoms with Crippen LogP contribution in [0.4, 0.5) is 13.2 Å². The van der Waals surface area contributed by atoms with E-state index in [1.807, 2.05) is 6.92 Å². The lowest BCUT2D eigenvalue weighted by atomic mass is 10.0. The molecular weight excluding hydrogens is 297 g/mol. The number of alkyl halides is 3. The molecule has 0 spiro atoms. The van der Waals surface area contributed by atoms with Crippen LogP contribution in [0, 0.1) is 5.92 Å². The summed E-state index contributed by atoms with van der Waals surface area (Å²) in [5, 5.41) is 3.21. The van der Waals surface area contributed by atoms with Crippen LogP contribution in [-0.2, 0) is 6.18 Å². The monoisotopic (exact) mass is 320 g/mol. The van der Waals surface area contributed by atoms with Gasteiger partial charge in [0.15, 0.2) is 0 Å². The zero-order chi connectivity index (χ0) is 15.9. The summed E-state index contributed by atoms with van der Waals surface area (Å²) in [5.41, 5.74) is -0.342. The Hall–Kier alpha value is -0.750. The minimum absolute atomic E-state index is 0.245. The topological polar surface area (TPSA) is 24.9 Å². The van der Waals surface area contributed by atoms with E-state index in [0.717, 1.165) is 18.2 Å². The van der Waals surface area contributed by atoms with E-state index in [2.05, 4.69) is 24.1 Å². The normalized spacial score (nSPS) is 13.7. The number of thioether (sulfide) groups is 1. The molecule has 0 aliphatic heterocycles. The molecule has 1 rings (SSSR count). The Morgan fingerprint density at radius 3 is 2.57 bits per heavy atom. The summed E-state index contributed by atoms with van der Waals surface area (Å²) >= 11 is 1.68. The molecule has 0 aromatic carbocycles.